The molecule has 0 aromatic heterocycles. The fourth-order valence-corrected chi connectivity index (χ4v) is 0.970. The fourth-order valence-electron chi connectivity index (χ4n) is 0.632. The molecule has 0 saturated carbocycles. The Bertz CT molecular complexity index is 101. The standard InChI is InChI=1S/C6H14O4S/c7-2-4(9)1-6(11)5(10)3-8/h4-11H,1-3H2. The molecule has 3 unspecified atom stereocenters. The smallest absolute Gasteiger partial charge is 0.0887 e. The molecule has 0 aliphatic carbocycles. The molecule has 0 saturated heterocycles. The van der Waals surface area contributed by atoms with Gasteiger partial charge in [0.15, 0.2) is 0 Å². The van der Waals surface area contributed by atoms with E-state index >= 15 is 0 Å². The Morgan fingerprint density at radius 1 is 1.09 bits per heavy atom. The second kappa shape index (κ2) is 5.79. The van der Waals surface area contributed by atoms with Crippen molar-refractivity contribution in [1.82, 2.24) is 0 Å². The van der Waals surface area contributed by atoms with Crippen LogP contribution in [0.15, 0.2) is 0 Å². The molecule has 11 heavy (non-hydrogen) atoms. The van der Waals surface area contributed by atoms with Crippen LogP contribution >= 0.6 is 12.6 Å². The third-order valence-electron chi connectivity index (χ3n) is 1.36. The third kappa shape index (κ3) is 4.60. The Balaban J connectivity index is 3.58. The molecule has 0 spiro atoms. The Labute approximate surface area is 70.9 Å². The van der Waals surface area contributed by atoms with Crippen LogP contribution < -0.4 is 0 Å². The predicted molar refractivity (Wildman–Crippen MR) is 43.6 cm³/mol. The molecule has 4 nitrogen and oxygen atoms in total. The summed E-state index contributed by atoms with van der Waals surface area (Å²) in [6.07, 6.45) is -1.65. The van der Waals surface area contributed by atoms with Crippen molar-refractivity contribution in [2.24, 2.45) is 0 Å². The summed E-state index contributed by atoms with van der Waals surface area (Å²) in [7, 11) is 0. The summed E-state index contributed by atoms with van der Waals surface area (Å²) >= 11 is 3.92. The molecule has 0 aliphatic rings. The molecule has 0 radical (unpaired) electrons. The molecule has 5 heteroatoms. The lowest BCUT2D eigenvalue weighted by atomic mass is 10.1. The van der Waals surface area contributed by atoms with E-state index in [1.807, 2.05) is 0 Å². The molecule has 0 heterocycles. The van der Waals surface area contributed by atoms with Crippen molar-refractivity contribution in [1.29, 1.82) is 0 Å². The largest absolute Gasteiger partial charge is 0.394 e. The normalized spacial score (nSPS) is 19.4. The van der Waals surface area contributed by atoms with Gasteiger partial charge in [-0.15, -0.1) is 0 Å². The summed E-state index contributed by atoms with van der Waals surface area (Å²) in [5.74, 6) is 0. The van der Waals surface area contributed by atoms with Gasteiger partial charge in [-0.25, -0.2) is 0 Å². The van der Waals surface area contributed by atoms with Gasteiger partial charge in [0.1, 0.15) is 0 Å². The molecule has 0 amide bonds. The van der Waals surface area contributed by atoms with Crippen molar-refractivity contribution < 1.29 is 20.4 Å². The van der Waals surface area contributed by atoms with Gasteiger partial charge >= 0.3 is 0 Å². The summed E-state index contributed by atoms with van der Waals surface area (Å²) < 4.78 is 0. The van der Waals surface area contributed by atoms with E-state index in [0.717, 1.165) is 0 Å². The van der Waals surface area contributed by atoms with Crippen molar-refractivity contribution in [3.8, 4) is 0 Å². The SMILES string of the molecule is OCC(O)CC(S)C(O)CO. The second-order valence-electron chi connectivity index (χ2n) is 2.39. The number of thiol groups is 1. The van der Waals surface area contributed by atoms with Crippen LogP contribution in [0.4, 0.5) is 0 Å². The highest BCUT2D eigenvalue weighted by Crippen LogP contribution is 2.09. The molecule has 0 aliphatic heterocycles. The first-order chi connectivity index (χ1) is 5.11. The zero-order valence-electron chi connectivity index (χ0n) is 6.09. The zero-order chi connectivity index (χ0) is 8.85. The van der Waals surface area contributed by atoms with Gasteiger partial charge < -0.3 is 20.4 Å². The number of aliphatic hydroxyl groups excluding tert-OH is 4. The molecule has 4 N–H and O–H groups in total. The minimum Gasteiger partial charge on any atom is -0.394 e. The van der Waals surface area contributed by atoms with E-state index in [-0.39, 0.29) is 19.6 Å². The van der Waals surface area contributed by atoms with Crippen molar-refractivity contribution >= 4 is 12.6 Å². The Morgan fingerprint density at radius 3 is 2.00 bits per heavy atom. The first-order valence-electron chi connectivity index (χ1n) is 3.37. The van der Waals surface area contributed by atoms with E-state index < -0.39 is 17.5 Å². The van der Waals surface area contributed by atoms with Crippen LogP contribution in [0.25, 0.3) is 0 Å². The number of hydrogen-bond acceptors (Lipinski definition) is 5. The maximum absolute atomic E-state index is 8.95. The predicted octanol–water partition coefficient (Wildman–Crippen LogP) is -1.62. The summed E-state index contributed by atoms with van der Waals surface area (Å²) in [6, 6.07) is 0. The van der Waals surface area contributed by atoms with Crippen LogP contribution in [-0.4, -0.2) is 51.1 Å². The van der Waals surface area contributed by atoms with E-state index in [1.54, 1.807) is 0 Å². The van der Waals surface area contributed by atoms with Crippen molar-refractivity contribution in [2.45, 2.75) is 23.9 Å². The summed E-state index contributed by atoms with van der Waals surface area (Å²) in [5.41, 5.74) is 0. The number of rotatable bonds is 5. The Hall–Kier alpha value is 0.190. The molecule has 0 aromatic carbocycles. The molecule has 0 rings (SSSR count). The maximum Gasteiger partial charge on any atom is 0.0887 e. The van der Waals surface area contributed by atoms with E-state index in [1.165, 1.54) is 0 Å². The molecular formula is C6H14O4S. The highest BCUT2D eigenvalue weighted by atomic mass is 32.1. The summed E-state index contributed by atoms with van der Waals surface area (Å²) in [4.78, 5) is 0. The lowest BCUT2D eigenvalue weighted by Gasteiger charge is -2.17. The quantitative estimate of drug-likeness (QED) is 0.331. The first-order valence-corrected chi connectivity index (χ1v) is 3.89. The summed E-state index contributed by atoms with van der Waals surface area (Å²) in [6.45, 7) is -0.735. The average Bonchev–Trinajstić information content (AvgIpc) is 2.02. The molecule has 0 aromatic rings. The minimum absolute atomic E-state index is 0.168. The van der Waals surface area contributed by atoms with E-state index in [2.05, 4.69) is 12.6 Å². The molecule has 3 atom stereocenters. The van der Waals surface area contributed by atoms with Gasteiger partial charge in [0, 0.05) is 5.25 Å². The van der Waals surface area contributed by atoms with Gasteiger partial charge in [0.05, 0.1) is 25.4 Å². The Morgan fingerprint density at radius 2 is 1.64 bits per heavy atom. The van der Waals surface area contributed by atoms with Crippen LogP contribution in [0.2, 0.25) is 0 Å². The Kier molecular flexibility index (Phi) is 5.89. The first kappa shape index (κ1) is 11.2. The van der Waals surface area contributed by atoms with Gasteiger partial charge in [0.25, 0.3) is 0 Å². The van der Waals surface area contributed by atoms with E-state index in [4.69, 9.17) is 20.4 Å². The van der Waals surface area contributed by atoms with E-state index in [9.17, 15) is 0 Å². The monoisotopic (exact) mass is 182 g/mol. The topological polar surface area (TPSA) is 80.9 Å². The minimum atomic E-state index is -0.945. The van der Waals surface area contributed by atoms with Crippen LogP contribution in [-0.2, 0) is 0 Å². The number of aliphatic hydroxyl groups is 4. The van der Waals surface area contributed by atoms with Gasteiger partial charge in [-0.2, -0.15) is 12.6 Å². The molecule has 0 fully saturated rings. The van der Waals surface area contributed by atoms with Crippen molar-refractivity contribution in [2.75, 3.05) is 13.2 Å². The van der Waals surface area contributed by atoms with Crippen molar-refractivity contribution in [3.63, 3.8) is 0 Å². The highest BCUT2D eigenvalue weighted by molar-refractivity contribution is 7.81. The highest BCUT2D eigenvalue weighted by Gasteiger charge is 2.17. The van der Waals surface area contributed by atoms with E-state index in [0.29, 0.717) is 0 Å². The lowest BCUT2D eigenvalue weighted by molar-refractivity contribution is 0.0535. The van der Waals surface area contributed by atoms with Crippen LogP contribution in [0, 0.1) is 0 Å². The van der Waals surface area contributed by atoms with Gasteiger partial charge in [0.2, 0.25) is 0 Å². The lowest BCUT2D eigenvalue weighted by Crippen LogP contribution is -2.29. The van der Waals surface area contributed by atoms with Gasteiger partial charge in [-0.05, 0) is 6.42 Å². The van der Waals surface area contributed by atoms with Gasteiger partial charge in [-0.1, -0.05) is 0 Å². The molecular weight excluding hydrogens is 168 g/mol. The second-order valence-corrected chi connectivity index (χ2v) is 3.05. The summed E-state index contributed by atoms with van der Waals surface area (Å²) in [5, 5.41) is 34.2. The van der Waals surface area contributed by atoms with Crippen LogP contribution in [0.3, 0.4) is 0 Å². The molecule has 68 valence electrons. The third-order valence-corrected chi connectivity index (χ3v) is 1.91. The number of hydrogen-bond donors (Lipinski definition) is 5. The molecule has 0 bridgehead atoms. The average molecular weight is 182 g/mol. The van der Waals surface area contributed by atoms with Crippen molar-refractivity contribution in [3.05, 3.63) is 0 Å². The zero-order valence-corrected chi connectivity index (χ0v) is 6.98. The maximum atomic E-state index is 8.95. The van der Waals surface area contributed by atoms with Gasteiger partial charge in [-0.3, -0.25) is 0 Å². The fraction of sp³-hybridized carbons (Fsp3) is 1.00. The van der Waals surface area contributed by atoms with Crippen LogP contribution in [0.5, 0.6) is 0 Å². The van der Waals surface area contributed by atoms with Crippen LogP contribution in [0.1, 0.15) is 6.42 Å².